The van der Waals surface area contributed by atoms with E-state index in [1.807, 2.05) is 0 Å². The summed E-state index contributed by atoms with van der Waals surface area (Å²) in [7, 11) is 0. The molecule has 0 spiro atoms. The lowest BCUT2D eigenvalue weighted by atomic mass is 10.0. The number of esters is 1. The first kappa shape index (κ1) is 21.8. The minimum atomic E-state index is -0.385. The number of nitrogens with zero attached hydrogens (tertiary/aromatic N) is 1. The molecule has 0 saturated heterocycles. The summed E-state index contributed by atoms with van der Waals surface area (Å²) in [5, 5.41) is 3.46. The lowest BCUT2D eigenvalue weighted by Crippen LogP contribution is -2.35. The molecule has 0 aliphatic carbocycles. The molecular formula is C21H25FN2O3S2. The Morgan fingerprint density at radius 2 is 2.03 bits per heavy atom. The number of fused-ring (bicyclic) bond motifs is 1. The Hall–Kier alpha value is -1.90. The zero-order valence-corrected chi connectivity index (χ0v) is 18.4. The predicted molar refractivity (Wildman–Crippen MR) is 115 cm³/mol. The zero-order chi connectivity index (χ0) is 21.0. The smallest absolute Gasteiger partial charge is 0.341 e. The van der Waals surface area contributed by atoms with E-state index in [9.17, 15) is 14.0 Å². The number of benzene rings is 1. The van der Waals surface area contributed by atoms with Crippen LogP contribution < -0.4 is 5.32 Å². The Labute approximate surface area is 178 Å². The molecule has 5 nitrogen and oxygen atoms in total. The average molecular weight is 437 g/mol. The number of nitrogens with one attached hydrogen (secondary N) is 1. The van der Waals surface area contributed by atoms with Gasteiger partial charge in [-0.2, -0.15) is 0 Å². The third-order valence-electron chi connectivity index (χ3n) is 4.73. The van der Waals surface area contributed by atoms with Gasteiger partial charge in [-0.25, -0.2) is 9.18 Å². The van der Waals surface area contributed by atoms with E-state index in [0.717, 1.165) is 34.8 Å². The van der Waals surface area contributed by atoms with E-state index < -0.39 is 0 Å². The maximum atomic E-state index is 13.0. The highest BCUT2D eigenvalue weighted by molar-refractivity contribution is 8.00. The number of thiophene rings is 1. The van der Waals surface area contributed by atoms with E-state index in [-0.39, 0.29) is 30.1 Å². The molecule has 2 aromatic rings. The summed E-state index contributed by atoms with van der Waals surface area (Å²) < 4.78 is 18.3. The Bertz CT molecular complexity index is 881. The fourth-order valence-corrected chi connectivity index (χ4v) is 5.19. The van der Waals surface area contributed by atoms with Crippen molar-refractivity contribution in [3.63, 3.8) is 0 Å². The Kier molecular flexibility index (Phi) is 7.32. The molecule has 8 heteroatoms. The number of amides is 1. The summed E-state index contributed by atoms with van der Waals surface area (Å²) in [5.74, 6) is -0.722. The van der Waals surface area contributed by atoms with Crippen molar-refractivity contribution in [3.05, 3.63) is 46.1 Å². The molecule has 1 aromatic heterocycles. The largest absolute Gasteiger partial charge is 0.462 e. The van der Waals surface area contributed by atoms with Crippen LogP contribution in [0.2, 0.25) is 0 Å². The number of halogens is 1. The molecule has 1 aromatic carbocycles. The molecule has 0 saturated carbocycles. The van der Waals surface area contributed by atoms with E-state index in [1.165, 1.54) is 35.2 Å². The van der Waals surface area contributed by atoms with Crippen molar-refractivity contribution in [2.75, 3.05) is 24.2 Å². The number of thioether (sulfide) groups is 1. The first-order valence-electron chi connectivity index (χ1n) is 9.63. The normalized spacial score (nSPS) is 14.0. The van der Waals surface area contributed by atoms with Gasteiger partial charge in [0.25, 0.3) is 0 Å². The molecule has 29 heavy (non-hydrogen) atoms. The van der Waals surface area contributed by atoms with Crippen LogP contribution in [0.1, 0.15) is 41.6 Å². The Morgan fingerprint density at radius 3 is 2.69 bits per heavy atom. The second kappa shape index (κ2) is 9.73. The van der Waals surface area contributed by atoms with Crippen LogP contribution in [0.25, 0.3) is 0 Å². The summed E-state index contributed by atoms with van der Waals surface area (Å²) in [6.07, 6.45) is 0.762. The fourth-order valence-electron chi connectivity index (χ4n) is 3.21. The maximum absolute atomic E-state index is 13.0. The number of rotatable bonds is 7. The van der Waals surface area contributed by atoms with Crippen molar-refractivity contribution >= 4 is 40.0 Å². The summed E-state index contributed by atoms with van der Waals surface area (Å²) in [4.78, 5) is 29.4. The number of hydrogen-bond donors (Lipinski definition) is 1. The number of carbonyl (C=O) groups is 2. The van der Waals surface area contributed by atoms with Crippen molar-refractivity contribution in [3.8, 4) is 0 Å². The highest BCUT2D eigenvalue weighted by Gasteiger charge is 2.30. The topological polar surface area (TPSA) is 58.6 Å². The van der Waals surface area contributed by atoms with E-state index in [2.05, 4.69) is 24.1 Å². The molecule has 0 fully saturated rings. The molecule has 0 atom stereocenters. The van der Waals surface area contributed by atoms with Crippen LogP contribution in [-0.4, -0.2) is 41.7 Å². The summed E-state index contributed by atoms with van der Waals surface area (Å²) in [6, 6.07) is 6.44. The summed E-state index contributed by atoms with van der Waals surface area (Å²) in [5.41, 5.74) is 1.49. The van der Waals surface area contributed by atoms with Crippen molar-refractivity contribution in [1.82, 2.24) is 4.90 Å². The van der Waals surface area contributed by atoms with Gasteiger partial charge < -0.3 is 10.1 Å². The van der Waals surface area contributed by atoms with Crippen molar-refractivity contribution in [2.24, 2.45) is 0 Å². The van der Waals surface area contributed by atoms with Gasteiger partial charge in [0.2, 0.25) is 5.91 Å². The quantitative estimate of drug-likeness (QED) is 0.509. The first-order chi connectivity index (χ1) is 13.9. The third-order valence-corrected chi connectivity index (χ3v) is 6.88. The van der Waals surface area contributed by atoms with Crippen LogP contribution in [0.5, 0.6) is 0 Å². The van der Waals surface area contributed by atoms with Gasteiger partial charge in [-0.05, 0) is 57.0 Å². The lowest BCUT2D eigenvalue weighted by molar-refractivity contribution is -0.113. The molecule has 1 aliphatic heterocycles. The van der Waals surface area contributed by atoms with Crippen LogP contribution in [0.3, 0.4) is 0 Å². The zero-order valence-electron chi connectivity index (χ0n) is 16.8. The SMILES string of the molecule is CCOC(=O)c1c(NC(=O)CSc2ccc(F)cc2)sc2c1CCN(C(C)C)C2. The number of anilines is 1. The molecule has 0 unspecified atom stereocenters. The van der Waals surface area contributed by atoms with Crippen LogP contribution in [-0.2, 0) is 22.5 Å². The van der Waals surface area contributed by atoms with Gasteiger partial charge in [0.05, 0.1) is 17.9 Å². The van der Waals surface area contributed by atoms with Crippen LogP contribution in [0, 0.1) is 5.82 Å². The lowest BCUT2D eigenvalue weighted by Gasteiger charge is -2.30. The van der Waals surface area contributed by atoms with Crippen molar-refractivity contribution in [2.45, 2.75) is 44.7 Å². The van der Waals surface area contributed by atoms with Gasteiger partial charge >= 0.3 is 5.97 Å². The van der Waals surface area contributed by atoms with Crippen LogP contribution in [0.15, 0.2) is 29.2 Å². The van der Waals surface area contributed by atoms with E-state index in [4.69, 9.17) is 4.74 Å². The monoisotopic (exact) mass is 436 g/mol. The van der Waals surface area contributed by atoms with E-state index >= 15 is 0 Å². The van der Waals surface area contributed by atoms with Gasteiger partial charge in [-0.15, -0.1) is 23.1 Å². The van der Waals surface area contributed by atoms with Crippen LogP contribution >= 0.6 is 23.1 Å². The molecule has 2 heterocycles. The number of hydrogen-bond acceptors (Lipinski definition) is 6. The molecule has 1 amide bonds. The second-order valence-electron chi connectivity index (χ2n) is 7.03. The summed E-state index contributed by atoms with van der Waals surface area (Å²) >= 11 is 2.78. The minimum absolute atomic E-state index is 0.175. The molecule has 0 bridgehead atoms. The standard InChI is InChI=1S/C21H25FN2O3S2/c1-4-27-21(26)19-16-9-10-24(13(2)3)11-17(16)29-20(19)23-18(25)12-28-15-7-5-14(22)6-8-15/h5-8,13H,4,9-12H2,1-3H3,(H,23,25). The van der Waals surface area contributed by atoms with Crippen LogP contribution in [0.4, 0.5) is 9.39 Å². The van der Waals surface area contributed by atoms with E-state index in [0.29, 0.717) is 16.6 Å². The first-order valence-corrected chi connectivity index (χ1v) is 11.4. The number of ether oxygens (including phenoxy) is 1. The second-order valence-corrected chi connectivity index (χ2v) is 9.19. The molecule has 156 valence electrons. The summed E-state index contributed by atoms with van der Waals surface area (Å²) in [6.45, 7) is 8.01. The fraction of sp³-hybridized carbons (Fsp3) is 0.429. The van der Waals surface area contributed by atoms with Crippen molar-refractivity contribution < 1.29 is 18.7 Å². The number of carbonyl (C=O) groups excluding carboxylic acids is 2. The molecule has 1 aliphatic rings. The maximum Gasteiger partial charge on any atom is 0.341 e. The molecule has 3 rings (SSSR count). The molecule has 0 radical (unpaired) electrons. The molecule has 1 N–H and O–H groups in total. The van der Waals surface area contributed by atoms with Gasteiger partial charge in [-0.1, -0.05) is 0 Å². The highest BCUT2D eigenvalue weighted by atomic mass is 32.2. The average Bonchev–Trinajstić information content (AvgIpc) is 3.04. The van der Waals surface area contributed by atoms with Gasteiger partial charge in [-0.3, -0.25) is 9.69 Å². The minimum Gasteiger partial charge on any atom is -0.462 e. The van der Waals surface area contributed by atoms with Gasteiger partial charge in [0, 0.05) is 28.9 Å². The van der Waals surface area contributed by atoms with Gasteiger partial charge in [0.1, 0.15) is 10.8 Å². The third kappa shape index (κ3) is 5.38. The molecular weight excluding hydrogens is 411 g/mol. The van der Waals surface area contributed by atoms with E-state index in [1.54, 1.807) is 19.1 Å². The Morgan fingerprint density at radius 1 is 1.31 bits per heavy atom. The highest BCUT2D eigenvalue weighted by Crippen LogP contribution is 2.38. The Balaban J connectivity index is 1.75. The predicted octanol–water partition coefficient (Wildman–Crippen LogP) is 4.56. The van der Waals surface area contributed by atoms with Gasteiger partial charge in [0.15, 0.2) is 0 Å². The van der Waals surface area contributed by atoms with Crippen molar-refractivity contribution in [1.29, 1.82) is 0 Å².